The van der Waals surface area contributed by atoms with Crippen LogP contribution >= 0.6 is 0 Å². The molecule has 1 aliphatic carbocycles. The molecule has 7 nitrogen and oxygen atoms in total. The first-order chi connectivity index (χ1) is 27.4. The van der Waals surface area contributed by atoms with Gasteiger partial charge in [0.25, 0.3) is 5.79 Å². The highest BCUT2D eigenvalue weighted by Gasteiger charge is 2.54. The summed E-state index contributed by atoms with van der Waals surface area (Å²) in [5.74, 6) is -2.35. The number of aromatic nitrogens is 2. The maximum Gasteiger partial charge on any atom is 0.260 e. The third kappa shape index (κ3) is 9.05. The average molecular weight is 777 g/mol. The molecule has 0 amide bonds. The Kier molecular flexibility index (Phi) is 14.9. The Morgan fingerprint density at radius 1 is 0.649 bits per heavy atom. The molecule has 0 atom stereocenters. The SMILES string of the molecule is C=CC(C)(C)n1cc(C2=C(OCCCCCC)C(OCCCCCC)(OCCCCCC)C(c3cn(C(C)(C)C=C)c4ccccc34)=C(O)C2=O)c2ccccc21. The van der Waals surface area contributed by atoms with Gasteiger partial charge in [0.15, 0.2) is 11.5 Å². The molecule has 2 heterocycles. The van der Waals surface area contributed by atoms with Crippen molar-refractivity contribution in [2.75, 3.05) is 19.8 Å². The number of carbonyl (C=O) groups is 1. The van der Waals surface area contributed by atoms with Crippen molar-refractivity contribution in [3.8, 4) is 0 Å². The van der Waals surface area contributed by atoms with E-state index in [1.165, 1.54) is 0 Å². The molecule has 0 saturated carbocycles. The fourth-order valence-electron chi connectivity index (χ4n) is 7.90. The monoisotopic (exact) mass is 777 g/mol. The Balaban J connectivity index is 1.89. The Morgan fingerprint density at radius 3 is 1.56 bits per heavy atom. The second kappa shape index (κ2) is 19.4. The number of fused-ring (bicyclic) bond motifs is 2. The smallest absolute Gasteiger partial charge is 0.260 e. The van der Waals surface area contributed by atoms with Gasteiger partial charge in [-0.15, -0.1) is 13.2 Å². The molecule has 308 valence electrons. The highest BCUT2D eigenvalue weighted by molar-refractivity contribution is 6.34. The van der Waals surface area contributed by atoms with Gasteiger partial charge in [-0.05, 0) is 59.1 Å². The van der Waals surface area contributed by atoms with Crippen molar-refractivity contribution >= 4 is 38.7 Å². The lowest BCUT2D eigenvalue weighted by Crippen LogP contribution is -2.46. The van der Waals surface area contributed by atoms with Crippen LogP contribution in [0.5, 0.6) is 0 Å². The largest absolute Gasteiger partial charge is 0.504 e. The van der Waals surface area contributed by atoms with E-state index in [1.807, 2.05) is 60.9 Å². The molecule has 5 rings (SSSR count). The van der Waals surface area contributed by atoms with Crippen molar-refractivity contribution in [3.63, 3.8) is 0 Å². The van der Waals surface area contributed by atoms with Crippen LogP contribution in [0.1, 0.15) is 137 Å². The van der Waals surface area contributed by atoms with Crippen molar-refractivity contribution in [2.24, 2.45) is 0 Å². The summed E-state index contributed by atoms with van der Waals surface area (Å²) < 4.78 is 25.7. The van der Waals surface area contributed by atoms with Gasteiger partial charge in [0.1, 0.15) is 0 Å². The summed E-state index contributed by atoms with van der Waals surface area (Å²) in [6.45, 7) is 24.3. The van der Waals surface area contributed by atoms with E-state index in [0.29, 0.717) is 36.7 Å². The Bertz CT molecular complexity index is 2060. The first-order valence-corrected chi connectivity index (χ1v) is 21.6. The molecule has 1 N–H and O–H groups in total. The van der Waals surface area contributed by atoms with Gasteiger partial charge in [0.2, 0.25) is 5.78 Å². The molecule has 57 heavy (non-hydrogen) atoms. The Hall–Kier alpha value is -4.33. The van der Waals surface area contributed by atoms with Crippen LogP contribution in [-0.2, 0) is 30.1 Å². The topological polar surface area (TPSA) is 74.8 Å². The number of nitrogens with zero attached hydrogens (tertiary/aromatic N) is 2. The number of benzene rings is 2. The molecule has 0 spiro atoms. The summed E-state index contributed by atoms with van der Waals surface area (Å²) in [6, 6.07) is 16.2. The fraction of sp³-hybridized carbons (Fsp3) is 0.500. The van der Waals surface area contributed by atoms with Gasteiger partial charge in [0, 0.05) is 45.3 Å². The number of hydrogen-bond acceptors (Lipinski definition) is 5. The second-order valence-electron chi connectivity index (χ2n) is 16.7. The van der Waals surface area contributed by atoms with Gasteiger partial charge < -0.3 is 28.5 Å². The lowest BCUT2D eigenvalue weighted by molar-refractivity contribution is -0.196. The molecule has 0 aliphatic heterocycles. The second-order valence-corrected chi connectivity index (χ2v) is 16.7. The van der Waals surface area contributed by atoms with Crippen molar-refractivity contribution in [3.05, 3.63) is 109 Å². The third-order valence-corrected chi connectivity index (χ3v) is 11.6. The van der Waals surface area contributed by atoms with E-state index in [2.05, 4.69) is 82.9 Å². The van der Waals surface area contributed by atoms with Crippen LogP contribution < -0.4 is 0 Å². The predicted molar refractivity (Wildman–Crippen MR) is 237 cm³/mol. The minimum Gasteiger partial charge on any atom is -0.504 e. The molecule has 0 radical (unpaired) electrons. The molecule has 2 aromatic heterocycles. The van der Waals surface area contributed by atoms with Gasteiger partial charge in [-0.1, -0.05) is 127 Å². The number of hydrogen-bond donors (Lipinski definition) is 1. The summed E-state index contributed by atoms with van der Waals surface area (Å²) in [6.07, 6.45) is 19.6. The molecule has 0 saturated heterocycles. The molecule has 2 aromatic carbocycles. The van der Waals surface area contributed by atoms with E-state index >= 15 is 4.79 Å². The van der Waals surface area contributed by atoms with Crippen molar-refractivity contribution in [2.45, 2.75) is 142 Å². The number of allylic oxidation sites excluding steroid dienone is 3. The van der Waals surface area contributed by atoms with Crippen LogP contribution in [-0.4, -0.2) is 45.6 Å². The van der Waals surface area contributed by atoms with Crippen LogP contribution in [0.4, 0.5) is 0 Å². The van der Waals surface area contributed by atoms with Gasteiger partial charge >= 0.3 is 0 Å². The number of Topliss-reactive ketones (excluding diaryl/α,β-unsaturated/α-hetero) is 1. The van der Waals surface area contributed by atoms with Gasteiger partial charge in [-0.3, -0.25) is 4.79 Å². The van der Waals surface area contributed by atoms with E-state index in [-0.39, 0.29) is 11.1 Å². The summed E-state index contributed by atoms with van der Waals surface area (Å²) in [5.41, 5.74) is 2.78. The number of aliphatic hydroxyl groups is 1. The van der Waals surface area contributed by atoms with E-state index < -0.39 is 28.4 Å². The number of ether oxygens (including phenoxy) is 3. The average Bonchev–Trinajstić information content (AvgIpc) is 3.80. The van der Waals surface area contributed by atoms with Crippen molar-refractivity contribution < 1.29 is 24.1 Å². The van der Waals surface area contributed by atoms with E-state index in [1.54, 1.807) is 0 Å². The number of ketones is 1. The van der Waals surface area contributed by atoms with Gasteiger partial charge in [0.05, 0.1) is 42.0 Å². The zero-order chi connectivity index (χ0) is 41.2. The molecule has 0 unspecified atom stereocenters. The minimum atomic E-state index is -1.74. The van der Waals surface area contributed by atoms with Crippen LogP contribution in [0.2, 0.25) is 0 Å². The van der Waals surface area contributed by atoms with E-state index in [4.69, 9.17) is 14.2 Å². The highest BCUT2D eigenvalue weighted by atomic mass is 16.7. The highest BCUT2D eigenvalue weighted by Crippen LogP contribution is 2.51. The Morgan fingerprint density at radius 2 is 1.09 bits per heavy atom. The van der Waals surface area contributed by atoms with Crippen molar-refractivity contribution in [1.82, 2.24) is 9.13 Å². The molecular formula is C50H68N2O5. The standard InChI is InChI=1S/C50H68N2O5/c1-10-15-18-25-32-55-47-43(39-35-51(48(6,7)13-4)41-30-23-21-28-37(39)41)45(53)46(54)44(40-36-52(49(8,9)14-5)42-31-24-22-29-38(40)42)50(47,56-33-26-19-16-11-2)57-34-27-20-17-12-3/h13-14,21-24,28-31,35-36,54H,4-5,10-12,15-20,25-27,32-34H2,1-3,6-9H3. The number of unbranched alkanes of at least 4 members (excludes halogenated alkanes) is 9. The molecule has 7 heteroatoms. The zero-order valence-electron chi connectivity index (χ0n) is 35.9. The number of para-hydroxylation sites is 2. The maximum absolute atomic E-state index is 15.3. The summed E-state index contributed by atoms with van der Waals surface area (Å²) in [7, 11) is 0. The molecule has 4 aromatic rings. The number of rotatable bonds is 24. The quantitative estimate of drug-likeness (QED) is 0.0436. The van der Waals surface area contributed by atoms with Crippen LogP contribution in [0.3, 0.4) is 0 Å². The summed E-state index contributed by atoms with van der Waals surface area (Å²) in [4.78, 5) is 15.3. The van der Waals surface area contributed by atoms with Crippen LogP contribution in [0, 0.1) is 0 Å². The summed E-state index contributed by atoms with van der Waals surface area (Å²) in [5, 5.41) is 14.5. The molecule has 1 aliphatic rings. The van der Waals surface area contributed by atoms with Crippen LogP contribution in [0.25, 0.3) is 33.0 Å². The lowest BCUT2D eigenvalue weighted by Gasteiger charge is -2.41. The lowest BCUT2D eigenvalue weighted by atomic mass is 9.82. The molecule has 0 bridgehead atoms. The minimum absolute atomic E-state index is 0.263. The number of aliphatic hydroxyl groups excluding tert-OH is 1. The van der Waals surface area contributed by atoms with E-state index in [9.17, 15) is 5.11 Å². The predicted octanol–water partition coefficient (Wildman–Crippen LogP) is 13.2. The normalized spacial score (nSPS) is 15.0. The maximum atomic E-state index is 15.3. The van der Waals surface area contributed by atoms with E-state index in [0.717, 1.165) is 98.9 Å². The first-order valence-electron chi connectivity index (χ1n) is 21.6. The van der Waals surface area contributed by atoms with Gasteiger partial charge in [-0.25, -0.2) is 0 Å². The molecular weight excluding hydrogens is 709 g/mol. The first kappa shape index (κ1) is 43.8. The van der Waals surface area contributed by atoms with Crippen LogP contribution in [0.15, 0.2) is 97.8 Å². The molecule has 0 fully saturated rings. The van der Waals surface area contributed by atoms with Crippen molar-refractivity contribution in [1.29, 1.82) is 0 Å². The summed E-state index contributed by atoms with van der Waals surface area (Å²) >= 11 is 0. The fourth-order valence-corrected chi connectivity index (χ4v) is 7.90. The Labute approximate surface area is 342 Å². The number of carbonyl (C=O) groups excluding carboxylic acids is 1. The zero-order valence-corrected chi connectivity index (χ0v) is 35.9. The van der Waals surface area contributed by atoms with Gasteiger partial charge in [-0.2, -0.15) is 0 Å². The third-order valence-electron chi connectivity index (χ3n) is 11.6.